The average Bonchev–Trinajstić information content (AvgIpc) is 2.84. The van der Waals surface area contributed by atoms with E-state index in [0.29, 0.717) is 11.7 Å². The van der Waals surface area contributed by atoms with Gasteiger partial charge in [0.25, 0.3) is 0 Å². The van der Waals surface area contributed by atoms with Gasteiger partial charge in [-0.3, -0.25) is 4.79 Å². The molecule has 1 rings (SSSR count). The summed E-state index contributed by atoms with van der Waals surface area (Å²) in [6.45, 7) is 3.12. The molecule has 2 heteroatoms. The van der Waals surface area contributed by atoms with Crippen LogP contribution in [0.1, 0.15) is 32.6 Å². The first-order valence-corrected chi connectivity index (χ1v) is 5.28. The summed E-state index contributed by atoms with van der Waals surface area (Å²) in [6, 6.07) is 0. The van der Waals surface area contributed by atoms with Crippen molar-refractivity contribution in [2.24, 2.45) is 11.8 Å². The minimum absolute atomic E-state index is 0.335. The van der Waals surface area contributed by atoms with Crippen molar-refractivity contribution in [2.75, 3.05) is 20.6 Å². The number of rotatable bonds is 6. The smallest absolute Gasteiger partial charge is 0.136 e. The van der Waals surface area contributed by atoms with Crippen molar-refractivity contribution in [1.82, 2.24) is 4.90 Å². The number of Topliss-reactive ketones (excluding diaryl/α,β-unsaturated/α-hetero) is 1. The minimum Gasteiger partial charge on any atom is -0.309 e. The van der Waals surface area contributed by atoms with Crippen LogP contribution in [0.15, 0.2) is 0 Å². The molecule has 0 amide bonds. The van der Waals surface area contributed by atoms with Gasteiger partial charge in [0.1, 0.15) is 5.78 Å². The number of hydrogen-bond donors (Lipinski definition) is 0. The fourth-order valence-corrected chi connectivity index (χ4v) is 1.66. The van der Waals surface area contributed by atoms with Crippen molar-refractivity contribution in [3.8, 4) is 0 Å². The van der Waals surface area contributed by atoms with Gasteiger partial charge in [0.15, 0.2) is 0 Å². The van der Waals surface area contributed by atoms with Crippen LogP contribution in [0, 0.1) is 11.8 Å². The van der Waals surface area contributed by atoms with Crippen molar-refractivity contribution < 1.29 is 4.79 Å². The van der Waals surface area contributed by atoms with Crippen LogP contribution in [0.3, 0.4) is 0 Å². The summed E-state index contributed by atoms with van der Waals surface area (Å²) in [4.78, 5) is 13.7. The average molecular weight is 183 g/mol. The standard InChI is InChI=1S/C11H21NO/c1-9(10-6-7-10)11(13)5-4-8-12(2)3/h9-10H,4-8H2,1-3H3/t9-/m0/s1. The summed E-state index contributed by atoms with van der Waals surface area (Å²) in [5.41, 5.74) is 0. The molecule has 0 saturated heterocycles. The number of hydrogen-bond acceptors (Lipinski definition) is 2. The van der Waals surface area contributed by atoms with Crippen molar-refractivity contribution in [3.05, 3.63) is 0 Å². The highest BCUT2D eigenvalue weighted by Crippen LogP contribution is 2.37. The van der Waals surface area contributed by atoms with E-state index in [9.17, 15) is 4.79 Å². The molecule has 0 N–H and O–H groups in total. The second-order valence-corrected chi connectivity index (χ2v) is 4.50. The first kappa shape index (κ1) is 10.7. The Morgan fingerprint density at radius 2 is 2.08 bits per heavy atom. The molecule has 0 aromatic heterocycles. The maximum Gasteiger partial charge on any atom is 0.136 e. The fourth-order valence-electron chi connectivity index (χ4n) is 1.66. The van der Waals surface area contributed by atoms with Gasteiger partial charge in [-0.1, -0.05) is 6.92 Å². The normalized spacial score (nSPS) is 19.1. The van der Waals surface area contributed by atoms with Gasteiger partial charge < -0.3 is 4.90 Å². The van der Waals surface area contributed by atoms with Crippen LogP contribution in [0.2, 0.25) is 0 Å². The van der Waals surface area contributed by atoms with E-state index >= 15 is 0 Å². The van der Waals surface area contributed by atoms with Crippen molar-refractivity contribution in [2.45, 2.75) is 32.6 Å². The predicted molar refractivity (Wildman–Crippen MR) is 54.7 cm³/mol. The Balaban J connectivity index is 2.09. The fraction of sp³-hybridized carbons (Fsp3) is 0.909. The summed E-state index contributed by atoms with van der Waals surface area (Å²) >= 11 is 0. The number of carbonyl (C=O) groups is 1. The predicted octanol–water partition coefficient (Wildman–Crippen LogP) is 1.94. The lowest BCUT2D eigenvalue weighted by Crippen LogP contribution is -2.17. The highest BCUT2D eigenvalue weighted by atomic mass is 16.1. The molecule has 0 spiro atoms. The monoisotopic (exact) mass is 183 g/mol. The van der Waals surface area contributed by atoms with E-state index < -0.39 is 0 Å². The SMILES string of the molecule is C[C@H](C(=O)CCCN(C)C)C1CC1. The van der Waals surface area contributed by atoms with E-state index in [0.717, 1.165) is 25.3 Å². The van der Waals surface area contributed by atoms with Crippen LogP contribution in [0.4, 0.5) is 0 Å². The lowest BCUT2D eigenvalue weighted by atomic mass is 9.97. The molecule has 1 saturated carbocycles. The summed E-state index contributed by atoms with van der Waals surface area (Å²) < 4.78 is 0. The molecule has 0 unspecified atom stereocenters. The molecule has 1 atom stereocenters. The molecule has 0 aromatic carbocycles. The third-order valence-electron chi connectivity index (χ3n) is 2.87. The maximum absolute atomic E-state index is 11.6. The molecule has 2 nitrogen and oxygen atoms in total. The van der Waals surface area contributed by atoms with Gasteiger partial charge in [-0.05, 0) is 45.8 Å². The quantitative estimate of drug-likeness (QED) is 0.627. The van der Waals surface area contributed by atoms with E-state index in [-0.39, 0.29) is 0 Å². The lowest BCUT2D eigenvalue weighted by Gasteiger charge is -2.11. The first-order valence-electron chi connectivity index (χ1n) is 5.28. The van der Waals surface area contributed by atoms with E-state index in [1.807, 2.05) is 0 Å². The molecule has 76 valence electrons. The largest absolute Gasteiger partial charge is 0.309 e. The van der Waals surface area contributed by atoms with Crippen molar-refractivity contribution in [1.29, 1.82) is 0 Å². The molecular weight excluding hydrogens is 162 g/mol. The van der Waals surface area contributed by atoms with E-state index in [1.165, 1.54) is 12.8 Å². The van der Waals surface area contributed by atoms with E-state index in [1.54, 1.807) is 0 Å². The van der Waals surface area contributed by atoms with Crippen LogP contribution in [-0.4, -0.2) is 31.3 Å². The maximum atomic E-state index is 11.6. The summed E-state index contributed by atoms with van der Waals surface area (Å²) in [5.74, 6) is 1.54. The third-order valence-corrected chi connectivity index (χ3v) is 2.87. The molecular formula is C11H21NO. The number of ketones is 1. The molecule has 0 aromatic rings. The molecule has 0 bridgehead atoms. The van der Waals surface area contributed by atoms with Gasteiger partial charge in [-0.25, -0.2) is 0 Å². The van der Waals surface area contributed by atoms with Crippen LogP contribution < -0.4 is 0 Å². The third kappa shape index (κ3) is 3.90. The van der Waals surface area contributed by atoms with Crippen molar-refractivity contribution in [3.63, 3.8) is 0 Å². The van der Waals surface area contributed by atoms with Crippen molar-refractivity contribution >= 4 is 5.78 Å². The molecule has 0 aliphatic heterocycles. The van der Waals surface area contributed by atoms with Gasteiger partial charge in [0, 0.05) is 12.3 Å². The van der Waals surface area contributed by atoms with Crippen LogP contribution >= 0.6 is 0 Å². The van der Waals surface area contributed by atoms with Gasteiger partial charge >= 0.3 is 0 Å². The number of nitrogens with zero attached hydrogens (tertiary/aromatic N) is 1. The molecule has 0 heterocycles. The van der Waals surface area contributed by atoms with E-state index in [4.69, 9.17) is 0 Å². The van der Waals surface area contributed by atoms with Gasteiger partial charge in [0.05, 0.1) is 0 Å². The van der Waals surface area contributed by atoms with E-state index in [2.05, 4.69) is 25.9 Å². The Morgan fingerprint density at radius 1 is 1.46 bits per heavy atom. The van der Waals surface area contributed by atoms with Gasteiger partial charge in [-0.15, -0.1) is 0 Å². The van der Waals surface area contributed by atoms with Crippen LogP contribution in [0.25, 0.3) is 0 Å². The first-order chi connectivity index (χ1) is 6.11. The van der Waals surface area contributed by atoms with Crippen LogP contribution in [-0.2, 0) is 4.79 Å². The molecule has 0 radical (unpaired) electrons. The lowest BCUT2D eigenvalue weighted by molar-refractivity contribution is -0.123. The Kier molecular flexibility index (Phi) is 3.91. The molecule has 1 aliphatic rings. The van der Waals surface area contributed by atoms with Crippen LogP contribution in [0.5, 0.6) is 0 Å². The Morgan fingerprint density at radius 3 is 2.54 bits per heavy atom. The number of carbonyl (C=O) groups excluding carboxylic acids is 1. The molecule has 1 fully saturated rings. The highest BCUT2D eigenvalue weighted by molar-refractivity contribution is 5.81. The Hall–Kier alpha value is -0.370. The molecule has 1 aliphatic carbocycles. The van der Waals surface area contributed by atoms with Gasteiger partial charge in [-0.2, -0.15) is 0 Å². The zero-order valence-electron chi connectivity index (χ0n) is 9.05. The second-order valence-electron chi connectivity index (χ2n) is 4.50. The summed E-state index contributed by atoms with van der Waals surface area (Å²) in [6.07, 6.45) is 4.35. The van der Waals surface area contributed by atoms with Gasteiger partial charge in [0.2, 0.25) is 0 Å². The Bertz CT molecular complexity index is 173. The Labute approximate surface area is 81.3 Å². The minimum atomic E-state index is 0.335. The second kappa shape index (κ2) is 4.75. The highest BCUT2D eigenvalue weighted by Gasteiger charge is 2.31. The zero-order valence-corrected chi connectivity index (χ0v) is 9.05. The topological polar surface area (TPSA) is 20.3 Å². The zero-order chi connectivity index (χ0) is 9.84. The summed E-state index contributed by atoms with van der Waals surface area (Å²) in [7, 11) is 4.10. The molecule has 13 heavy (non-hydrogen) atoms. The summed E-state index contributed by atoms with van der Waals surface area (Å²) in [5, 5.41) is 0.